The van der Waals surface area contributed by atoms with Gasteiger partial charge in [-0.05, 0) is 11.3 Å². The topological polar surface area (TPSA) is 69.4 Å². The van der Waals surface area contributed by atoms with Crippen molar-refractivity contribution in [3.63, 3.8) is 0 Å². The Kier molecular flexibility index (Phi) is 5.82. The maximum atomic E-state index is 11.9. The minimum Gasteiger partial charge on any atom is -0.469 e. The van der Waals surface area contributed by atoms with Crippen molar-refractivity contribution in [2.45, 2.75) is 47.1 Å². The third-order valence-electron chi connectivity index (χ3n) is 3.03. The molecule has 0 aliphatic rings. The van der Waals surface area contributed by atoms with Gasteiger partial charge in [-0.2, -0.15) is 0 Å². The Hall–Kier alpha value is -0.900. The normalized spacial score (nSPS) is 15.5. The second kappa shape index (κ2) is 6.15. The Bertz CT molecular complexity index is 279. The van der Waals surface area contributed by atoms with E-state index in [0.29, 0.717) is 0 Å². The summed E-state index contributed by atoms with van der Waals surface area (Å²) < 4.78 is 4.75. The molecule has 0 saturated heterocycles. The molecule has 0 aliphatic carbocycles. The van der Waals surface area contributed by atoms with Crippen molar-refractivity contribution in [2.75, 3.05) is 7.11 Å². The fourth-order valence-corrected chi connectivity index (χ4v) is 1.59. The maximum absolute atomic E-state index is 11.9. The van der Waals surface area contributed by atoms with Crippen molar-refractivity contribution in [2.24, 2.45) is 23.0 Å². The van der Waals surface area contributed by atoms with Gasteiger partial charge in [0.2, 0.25) is 0 Å². The first-order valence-electron chi connectivity index (χ1n) is 5.97. The van der Waals surface area contributed by atoms with Gasteiger partial charge in [0.05, 0.1) is 19.1 Å². The third-order valence-corrected chi connectivity index (χ3v) is 3.03. The van der Waals surface area contributed by atoms with Gasteiger partial charge in [-0.1, -0.05) is 34.6 Å². The third kappa shape index (κ3) is 4.86. The van der Waals surface area contributed by atoms with Crippen LogP contribution in [-0.4, -0.2) is 24.9 Å². The van der Waals surface area contributed by atoms with Crippen LogP contribution in [0.5, 0.6) is 0 Å². The summed E-state index contributed by atoms with van der Waals surface area (Å²) in [6.45, 7) is 9.55. The Morgan fingerprint density at radius 2 is 1.71 bits per heavy atom. The van der Waals surface area contributed by atoms with Gasteiger partial charge in [0, 0.05) is 6.42 Å². The standard InChI is InChI=1S/C13H25NO3/c1-8(2)11(14)10(15)7-9(12(16)17-6)13(3,4)5/h8-9,11H,7,14H2,1-6H3/t9-,11+/m1/s1. The molecule has 0 aliphatic heterocycles. The molecule has 0 spiro atoms. The van der Waals surface area contributed by atoms with Gasteiger partial charge in [-0.3, -0.25) is 9.59 Å². The largest absolute Gasteiger partial charge is 0.469 e. The van der Waals surface area contributed by atoms with E-state index >= 15 is 0 Å². The van der Waals surface area contributed by atoms with E-state index in [9.17, 15) is 9.59 Å². The number of carbonyl (C=O) groups is 2. The molecule has 0 bridgehead atoms. The lowest BCUT2D eigenvalue weighted by Crippen LogP contribution is -2.40. The van der Waals surface area contributed by atoms with Crippen LogP contribution < -0.4 is 5.73 Å². The number of ketones is 1. The van der Waals surface area contributed by atoms with Gasteiger partial charge in [0.25, 0.3) is 0 Å². The summed E-state index contributed by atoms with van der Waals surface area (Å²) in [4.78, 5) is 23.6. The van der Waals surface area contributed by atoms with E-state index in [1.165, 1.54) is 7.11 Å². The Morgan fingerprint density at radius 1 is 1.24 bits per heavy atom. The molecule has 0 aromatic carbocycles. The van der Waals surface area contributed by atoms with Gasteiger partial charge in [-0.25, -0.2) is 0 Å². The van der Waals surface area contributed by atoms with Gasteiger partial charge in [0.1, 0.15) is 0 Å². The number of methoxy groups -OCH3 is 1. The second-order valence-corrected chi connectivity index (χ2v) is 5.88. The zero-order chi connectivity index (χ0) is 13.8. The maximum Gasteiger partial charge on any atom is 0.309 e. The van der Waals surface area contributed by atoms with E-state index in [2.05, 4.69) is 0 Å². The zero-order valence-corrected chi connectivity index (χ0v) is 11.7. The van der Waals surface area contributed by atoms with Crippen molar-refractivity contribution < 1.29 is 14.3 Å². The van der Waals surface area contributed by atoms with E-state index in [4.69, 9.17) is 10.5 Å². The van der Waals surface area contributed by atoms with Gasteiger partial charge in [0.15, 0.2) is 5.78 Å². The molecule has 0 unspecified atom stereocenters. The fraction of sp³-hybridized carbons (Fsp3) is 0.846. The first-order chi connectivity index (χ1) is 7.61. The fourth-order valence-electron chi connectivity index (χ4n) is 1.59. The highest BCUT2D eigenvalue weighted by Crippen LogP contribution is 2.30. The molecule has 0 rings (SSSR count). The number of nitrogens with two attached hydrogens (primary N) is 1. The van der Waals surface area contributed by atoms with Crippen LogP contribution in [0, 0.1) is 17.3 Å². The number of Topliss-reactive ketones (excluding diaryl/α,β-unsaturated/α-hetero) is 1. The number of esters is 1. The highest BCUT2D eigenvalue weighted by molar-refractivity contribution is 5.88. The molecule has 4 nitrogen and oxygen atoms in total. The highest BCUT2D eigenvalue weighted by Gasteiger charge is 2.35. The van der Waals surface area contributed by atoms with Gasteiger partial charge >= 0.3 is 5.97 Å². The van der Waals surface area contributed by atoms with E-state index in [1.54, 1.807) is 0 Å². The lowest BCUT2D eigenvalue weighted by molar-refractivity contribution is -0.151. The van der Waals surface area contributed by atoms with Crippen LogP contribution in [0.3, 0.4) is 0 Å². The van der Waals surface area contributed by atoms with Crippen LogP contribution in [0.25, 0.3) is 0 Å². The Morgan fingerprint density at radius 3 is 2.00 bits per heavy atom. The van der Waals surface area contributed by atoms with Crippen molar-refractivity contribution in [1.82, 2.24) is 0 Å². The van der Waals surface area contributed by atoms with E-state index < -0.39 is 12.0 Å². The quantitative estimate of drug-likeness (QED) is 0.747. The molecule has 17 heavy (non-hydrogen) atoms. The molecule has 0 fully saturated rings. The van der Waals surface area contributed by atoms with Crippen LogP contribution in [0.1, 0.15) is 41.0 Å². The summed E-state index contributed by atoms with van der Waals surface area (Å²) in [6.07, 6.45) is 0.148. The molecule has 0 aromatic heterocycles. The molecule has 4 heteroatoms. The average molecular weight is 243 g/mol. The number of ether oxygens (including phenoxy) is 1. The van der Waals surface area contributed by atoms with Crippen LogP contribution in [0.2, 0.25) is 0 Å². The van der Waals surface area contributed by atoms with Gasteiger partial charge < -0.3 is 10.5 Å². The minimum atomic E-state index is -0.510. The van der Waals surface area contributed by atoms with Crippen molar-refractivity contribution in [1.29, 1.82) is 0 Å². The van der Waals surface area contributed by atoms with E-state index in [-0.39, 0.29) is 29.5 Å². The predicted octanol–water partition coefficient (Wildman–Crippen LogP) is 1.76. The van der Waals surface area contributed by atoms with E-state index in [1.807, 2.05) is 34.6 Å². The smallest absolute Gasteiger partial charge is 0.309 e. The Labute approximate surface area is 104 Å². The van der Waals surface area contributed by atoms with Crippen molar-refractivity contribution in [3.8, 4) is 0 Å². The molecule has 0 saturated carbocycles. The summed E-state index contributed by atoms with van der Waals surface area (Å²) >= 11 is 0. The SMILES string of the molecule is COC(=O)[C@@H](CC(=O)[C@@H](N)C(C)C)C(C)(C)C. The number of hydrogen-bond acceptors (Lipinski definition) is 4. The second-order valence-electron chi connectivity index (χ2n) is 5.88. The minimum absolute atomic E-state index is 0.0784. The van der Waals surface area contributed by atoms with Crippen LogP contribution in [0.15, 0.2) is 0 Å². The predicted molar refractivity (Wildman–Crippen MR) is 67.4 cm³/mol. The van der Waals surface area contributed by atoms with Crippen LogP contribution in [0.4, 0.5) is 0 Å². The summed E-state index contributed by atoms with van der Waals surface area (Å²) in [7, 11) is 1.34. The summed E-state index contributed by atoms with van der Waals surface area (Å²) in [5.41, 5.74) is 5.49. The molecule has 0 heterocycles. The first-order valence-corrected chi connectivity index (χ1v) is 5.97. The summed E-state index contributed by atoms with van der Waals surface area (Å²) in [6, 6.07) is -0.510. The molecular weight excluding hydrogens is 218 g/mol. The first kappa shape index (κ1) is 16.1. The molecule has 0 aromatic rings. The molecule has 0 radical (unpaired) electrons. The Balaban J connectivity index is 4.78. The lowest BCUT2D eigenvalue weighted by Gasteiger charge is -2.29. The molecule has 2 N–H and O–H groups in total. The zero-order valence-electron chi connectivity index (χ0n) is 11.7. The molecule has 0 amide bonds. The highest BCUT2D eigenvalue weighted by atomic mass is 16.5. The number of rotatable bonds is 5. The lowest BCUT2D eigenvalue weighted by atomic mass is 9.76. The van der Waals surface area contributed by atoms with Crippen LogP contribution in [-0.2, 0) is 14.3 Å². The molecule has 100 valence electrons. The van der Waals surface area contributed by atoms with Crippen molar-refractivity contribution in [3.05, 3.63) is 0 Å². The summed E-state index contributed by atoms with van der Waals surface area (Å²) in [5.74, 6) is -0.780. The average Bonchev–Trinajstić information content (AvgIpc) is 2.21. The monoisotopic (exact) mass is 243 g/mol. The van der Waals surface area contributed by atoms with E-state index in [0.717, 1.165) is 0 Å². The molecule has 2 atom stereocenters. The van der Waals surface area contributed by atoms with Crippen molar-refractivity contribution >= 4 is 11.8 Å². The summed E-state index contributed by atoms with van der Waals surface area (Å²) in [5, 5.41) is 0. The molecular formula is C13H25NO3. The van der Waals surface area contributed by atoms with Crippen LogP contribution >= 0.6 is 0 Å². The van der Waals surface area contributed by atoms with Gasteiger partial charge in [-0.15, -0.1) is 0 Å². The number of carbonyl (C=O) groups excluding carboxylic acids is 2. The number of hydrogen-bond donors (Lipinski definition) is 1.